The van der Waals surface area contributed by atoms with Crippen molar-refractivity contribution in [2.75, 3.05) is 0 Å². The summed E-state index contributed by atoms with van der Waals surface area (Å²) in [4.78, 5) is 0. The standard InChI is InChI=1S/C18H18O/c1-18(2,3)15-9-10-16-14(11-15)12-17(19-16)13-7-5-4-6-8-13/h4-12H,1-3H3. The molecule has 0 fully saturated rings. The molecule has 0 spiro atoms. The highest BCUT2D eigenvalue weighted by Crippen LogP contribution is 2.31. The normalized spacial score (nSPS) is 11.9. The van der Waals surface area contributed by atoms with E-state index in [1.54, 1.807) is 0 Å². The van der Waals surface area contributed by atoms with Gasteiger partial charge in [-0.2, -0.15) is 0 Å². The van der Waals surface area contributed by atoms with Crippen molar-refractivity contribution in [3.8, 4) is 11.3 Å². The van der Waals surface area contributed by atoms with E-state index >= 15 is 0 Å². The zero-order valence-corrected chi connectivity index (χ0v) is 11.6. The summed E-state index contributed by atoms with van der Waals surface area (Å²) in [5, 5.41) is 1.17. The quantitative estimate of drug-likeness (QED) is 0.563. The number of hydrogen-bond acceptors (Lipinski definition) is 1. The predicted molar refractivity (Wildman–Crippen MR) is 80.4 cm³/mol. The fourth-order valence-corrected chi connectivity index (χ4v) is 2.25. The zero-order valence-electron chi connectivity index (χ0n) is 11.6. The summed E-state index contributed by atoms with van der Waals surface area (Å²) in [6.07, 6.45) is 0. The van der Waals surface area contributed by atoms with E-state index in [9.17, 15) is 0 Å². The second-order valence-corrected chi connectivity index (χ2v) is 5.98. The van der Waals surface area contributed by atoms with Gasteiger partial charge in [-0.1, -0.05) is 57.2 Å². The van der Waals surface area contributed by atoms with Crippen molar-refractivity contribution in [1.29, 1.82) is 0 Å². The molecule has 3 rings (SSSR count). The lowest BCUT2D eigenvalue weighted by molar-refractivity contribution is 0.590. The van der Waals surface area contributed by atoms with Gasteiger partial charge in [0.1, 0.15) is 11.3 Å². The highest BCUT2D eigenvalue weighted by Gasteiger charge is 2.15. The van der Waals surface area contributed by atoms with Crippen molar-refractivity contribution in [2.24, 2.45) is 0 Å². The fraction of sp³-hybridized carbons (Fsp3) is 0.222. The van der Waals surface area contributed by atoms with Gasteiger partial charge in [0, 0.05) is 10.9 Å². The van der Waals surface area contributed by atoms with Gasteiger partial charge >= 0.3 is 0 Å². The van der Waals surface area contributed by atoms with Gasteiger partial charge in [0.25, 0.3) is 0 Å². The molecule has 96 valence electrons. The predicted octanol–water partition coefficient (Wildman–Crippen LogP) is 5.40. The third-order valence-electron chi connectivity index (χ3n) is 3.44. The Balaban J connectivity index is 2.12. The molecule has 0 radical (unpaired) electrons. The molecule has 1 nitrogen and oxygen atoms in total. The minimum absolute atomic E-state index is 0.165. The molecule has 0 aliphatic carbocycles. The molecule has 0 saturated carbocycles. The van der Waals surface area contributed by atoms with Crippen molar-refractivity contribution in [3.63, 3.8) is 0 Å². The number of hydrogen-bond donors (Lipinski definition) is 0. The molecule has 0 saturated heterocycles. The summed E-state index contributed by atoms with van der Waals surface area (Å²) in [6, 6.07) is 18.8. The number of rotatable bonds is 1. The van der Waals surface area contributed by atoms with Gasteiger partial charge in [-0.25, -0.2) is 0 Å². The number of fused-ring (bicyclic) bond motifs is 1. The SMILES string of the molecule is CC(C)(C)c1ccc2oc(-c3ccccc3)cc2c1. The Labute approximate surface area is 113 Å². The Morgan fingerprint density at radius 2 is 1.58 bits per heavy atom. The van der Waals surface area contributed by atoms with Gasteiger partial charge < -0.3 is 4.42 Å². The van der Waals surface area contributed by atoms with Crippen LogP contribution in [-0.4, -0.2) is 0 Å². The number of furan rings is 1. The monoisotopic (exact) mass is 250 g/mol. The van der Waals surface area contributed by atoms with E-state index < -0.39 is 0 Å². The van der Waals surface area contributed by atoms with Crippen molar-refractivity contribution in [3.05, 3.63) is 60.2 Å². The van der Waals surface area contributed by atoms with Crippen LogP contribution in [0.25, 0.3) is 22.3 Å². The lowest BCUT2D eigenvalue weighted by atomic mass is 9.86. The van der Waals surface area contributed by atoms with Crippen LogP contribution in [0.1, 0.15) is 26.3 Å². The first-order valence-corrected chi connectivity index (χ1v) is 6.63. The molecule has 0 unspecified atom stereocenters. The van der Waals surface area contributed by atoms with Gasteiger partial charge in [0.2, 0.25) is 0 Å². The fourth-order valence-electron chi connectivity index (χ4n) is 2.25. The van der Waals surface area contributed by atoms with Gasteiger partial charge in [-0.15, -0.1) is 0 Å². The molecule has 0 aliphatic heterocycles. The maximum atomic E-state index is 5.92. The Kier molecular flexibility index (Phi) is 2.70. The van der Waals surface area contributed by atoms with Crippen molar-refractivity contribution < 1.29 is 4.42 Å². The van der Waals surface area contributed by atoms with Crippen LogP contribution in [0, 0.1) is 0 Å². The zero-order chi connectivity index (χ0) is 13.5. The van der Waals surface area contributed by atoms with Crippen LogP contribution in [0.4, 0.5) is 0 Å². The summed E-state index contributed by atoms with van der Waals surface area (Å²) in [6.45, 7) is 6.69. The first-order valence-electron chi connectivity index (χ1n) is 6.63. The average molecular weight is 250 g/mol. The smallest absolute Gasteiger partial charge is 0.135 e. The molecule has 0 bridgehead atoms. The summed E-state index contributed by atoms with van der Waals surface area (Å²) in [5.41, 5.74) is 3.57. The van der Waals surface area contributed by atoms with E-state index in [4.69, 9.17) is 4.42 Å². The van der Waals surface area contributed by atoms with Gasteiger partial charge in [0.15, 0.2) is 0 Å². The summed E-state index contributed by atoms with van der Waals surface area (Å²) >= 11 is 0. The molecule has 1 heterocycles. The average Bonchev–Trinajstić information content (AvgIpc) is 2.81. The maximum absolute atomic E-state index is 5.92. The Morgan fingerprint density at radius 1 is 0.842 bits per heavy atom. The van der Waals surface area contributed by atoms with Crippen molar-refractivity contribution >= 4 is 11.0 Å². The molecular formula is C18H18O. The molecule has 0 amide bonds. The molecule has 19 heavy (non-hydrogen) atoms. The van der Waals surface area contributed by atoms with Crippen LogP contribution in [0.2, 0.25) is 0 Å². The van der Waals surface area contributed by atoms with E-state index in [0.717, 1.165) is 16.9 Å². The van der Waals surface area contributed by atoms with Crippen LogP contribution in [0.5, 0.6) is 0 Å². The summed E-state index contributed by atoms with van der Waals surface area (Å²) in [7, 11) is 0. The van der Waals surface area contributed by atoms with Crippen LogP contribution >= 0.6 is 0 Å². The van der Waals surface area contributed by atoms with Gasteiger partial charge in [0.05, 0.1) is 0 Å². The minimum atomic E-state index is 0.165. The first-order chi connectivity index (χ1) is 9.04. The van der Waals surface area contributed by atoms with Crippen LogP contribution in [0.3, 0.4) is 0 Å². The Bertz CT molecular complexity index is 699. The summed E-state index contributed by atoms with van der Waals surface area (Å²) in [5.74, 6) is 0.932. The van der Waals surface area contributed by atoms with E-state index in [1.807, 2.05) is 18.2 Å². The Hall–Kier alpha value is -2.02. The van der Waals surface area contributed by atoms with E-state index in [2.05, 4.69) is 57.2 Å². The van der Waals surface area contributed by atoms with E-state index in [0.29, 0.717) is 0 Å². The van der Waals surface area contributed by atoms with E-state index in [-0.39, 0.29) is 5.41 Å². The minimum Gasteiger partial charge on any atom is -0.456 e. The second kappa shape index (κ2) is 4.27. The molecule has 1 heteroatoms. The maximum Gasteiger partial charge on any atom is 0.135 e. The first kappa shape index (κ1) is 12.0. The highest BCUT2D eigenvalue weighted by molar-refractivity contribution is 5.83. The van der Waals surface area contributed by atoms with Crippen molar-refractivity contribution in [2.45, 2.75) is 26.2 Å². The molecule has 0 atom stereocenters. The Morgan fingerprint density at radius 3 is 2.26 bits per heavy atom. The third-order valence-corrected chi connectivity index (χ3v) is 3.44. The van der Waals surface area contributed by atoms with Crippen LogP contribution < -0.4 is 0 Å². The lowest BCUT2D eigenvalue weighted by Crippen LogP contribution is -2.10. The lowest BCUT2D eigenvalue weighted by Gasteiger charge is -2.18. The van der Waals surface area contributed by atoms with Crippen LogP contribution in [-0.2, 0) is 5.41 Å². The summed E-state index contributed by atoms with van der Waals surface area (Å²) < 4.78 is 5.92. The highest BCUT2D eigenvalue weighted by atomic mass is 16.3. The largest absolute Gasteiger partial charge is 0.456 e. The molecule has 0 aliphatic rings. The molecular weight excluding hydrogens is 232 g/mol. The number of benzene rings is 2. The molecule has 3 aromatic rings. The van der Waals surface area contributed by atoms with Crippen molar-refractivity contribution in [1.82, 2.24) is 0 Å². The molecule has 0 N–H and O–H groups in total. The second-order valence-electron chi connectivity index (χ2n) is 5.98. The molecule has 2 aromatic carbocycles. The topological polar surface area (TPSA) is 13.1 Å². The third kappa shape index (κ3) is 2.28. The van der Waals surface area contributed by atoms with Crippen LogP contribution in [0.15, 0.2) is 59.0 Å². The van der Waals surface area contributed by atoms with Gasteiger partial charge in [-0.3, -0.25) is 0 Å². The van der Waals surface area contributed by atoms with Gasteiger partial charge in [-0.05, 0) is 29.2 Å². The molecule has 1 aromatic heterocycles. The van der Waals surface area contributed by atoms with E-state index in [1.165, 1.54) is 10.9 Å².